The molecule has 0 saturated heterocycles. The molecule has 0 atom stereocenters. The molecular formula is C18H21NO4. The number of benzene rings is 2. The molecular weight excluding hydrogens is 294 g/mol. The molecule has 122 valence electrons. The summed E-state index contributed by atoms with van der Waals surface area (Å²) < 4.78 is 0. The summed E-state index contributed by atoms with van der Waals surface area (Å²) in [7, 11) is 0. The predicted molar refractivity (Wildman–Crippen MR) is 88.5 cm³/mol. The summed E-state index contributed by atoms with van der Waals surface area (Å²) in [6.45, 7) is 2.39. The molecule has 5 heteroatoms. The van der Waals surface area contributed by atoms with E-state index in [4.69, 9.17) is 10.2 Å². The number of aryl methyl sites for hydroxylation is 1. The molecule has 23 heavy (non-hydrogen) atoms. The van der Waals surface area contributed by atoms with Crippen LogP contribution in [-0.2, 0) is 4.79 Å². The van der Waals surface area contributed by atoms with Gasteiger partial charge < -0.3 is 15.1 Å². The second-order valence-electron chi connectivity index (χ2n) is 5.58. The number of hydrogen-bond donors (Lipinski definition) is 2. The number of amides is 1. The summed E-state index contributed by atoms with van der Waals surface area (Å²) in [4.78, 5) is 24.7. The van der Waals surface area contributed by atoms with Crippen molar-refractivity contribution in [3.05, 3.63) is 47.5 Å². The van der Waals surface area contributed by atoms with E-state index in [9.17, 15) is 9.59 Å². The zero-order valence-corrected chi connectivity index (χ0v) is 13.2. The highest BCUT2D eigenvalue weighted by Crippen LogP contribution is 2.19. The molecule has 0 aliphatic carbocycles. The van der Waals surface area contributed by atoms with Gasteiger partial charge in [0, 0.05) is 25.1 Å². The number of rotatable bonds is 7. The number of carboxylic acid groups (broad SMARTS) is 1. The van der Waals surface area contributed by atoms with Gasteiger partial charge in [0.2, 0.25) is 0 Å². The largest absolute Gasteiger partial charge is 0.481 e. The highest BCUT2D eigenvalue weighted by molar-refractivity contribution is 5.98. The molecule has 0 unspecified atom stereocenters. The van der Waals surface area contributed by atoms with Crippen molar-refractivity contribution in [3.63, 3.8) is 0 Å². The van der Waals surface area contributed by atoms with E-state index in [0.29, 0.717) is 18.5 Å². The van der Waals surface area contributed by atoms with Crippen molar-refractivity contribution in [3.8, 4) is 0 Å². The fourth-order valence-corrected chi connectivity index (χ4v) is 2.54. The molecule has 0 saturated carbocycles. The Morgan fingerprint density at radius 1 is 1.04 bits per heavy atom. The molecule has 0 spiro atoms. The van der Waals surface area contributed by atoms with Gasteiger partial charge in [0.25, 0.3) is 5.91 Å². The zero-order chi connectivity index (χ0) is 16.8. The second kappa shape index (κ2) is 7.74. The Kier molecular flexibility index (Phi) is 5.71. The summed E-state index contributed by atoms with van der Waals surface area (Å²) in [6.07, 6.45) is 0.375. The first-order valence-electron chi connectivity index (χ1n) is 7.63. The molecule has 0 aromatic heterocycles. The molecule has 0 bridgehead atoms. The van der Waals surface area contributed by atoms with Crippen LogP contribution in [0.25, 0.3) is 10.8 Å². The van der Waals surface area contributed by atoms with Gasteiger partial charge in [-0.1, -0.05) is 29.8 Å². The molecule has 2 aromatic rings. The van der Waals surface area contributed by atoms with Gasteiger partial charge in [0.1, 0.15) is 0 Å². The average molecular weight is 315 g/mol. The summed E-state index contributed by atoms with van der Waals surface area (Å²) >= 11 is 0. The molecule has 2 aromatic carbocycles. The smallest absolute Gasteiger partial charge is 0.303 e. The fourth-order valence-electron chi connectivity index (χ4n) is 2.54. The number of aliphatic hydroxyl groups is 1. The van der Waals surface area contributed by atoms with Crippen LogP contribution in [0.3, 0.4) is 0 Å². The number of nitrogens with zero attached hydrogens (tertiary/aromatic N) is 1. The number of fused-ring (bicyclic) bond motifs is 1. The number of carbonyl (C=O) groups is 2. The quantitative estimate of drug-likeness (QED) is 0.822. The van der Waals surface area contributed by atoms with Crippen molar-refractivity contribution >= 4 is 22.6 Å². The van der Waals surface area contributed by atoms with Crippen molar-refractivity contribution in [1.29, 1.82) is 0 Å². The van der Waals surface area contributed by atoms with Crippen LogP contribution < -0.4 is 0 Å². The van der Waals surface area contributed by atoms with Gasteiger partial charge in [0.15, 0.2) is 0 Å². The first-order chi connectivity index (χ1) is 11.0. The molecule has 2 rings (SSSR count). The van der Waals surface area contributed by atoms with Gasteiger partial charge in [0.05, 0.1) is 6.61 Å². The Morgan fingerprint density at radius 3 is 2.43 bits per heavy atom. The lowest BCUT2D eigenvalue weighted by molar-refractivity contribution is -0.137. The number of carboxylic acids is 1. The van der Waals surface area contributed by atoms with Crippen molar-refractivity contribution in [1.82, 2.24) is 4.90 Å². The van der Waals surface area contributed by atoms with Crippen LogP contribution >= 0.6 is 0 Å². The van der Waals surface area contributed by atoms with E-state index in [1.165, 1.54) is 4.90 Å². The van der Waals surface area contributed by atoms with E-state index in [1.807, 2.05) is 31.2 Å². The number of aliphatic hydroxyl groups excluding tert-OH is 1. The van der Waals surface area contributed by atoms with Crippen molar-refractivity contribution in [2.45, 2.75) is 19.8 Å². The Labute approximate surface area is 135 Å². The minimum Gasteiger partial charge on any atom is -0.481 e. The number of hydrogen-bond acceptors (Lipinski definition) is 3. The average Bonchev–Trinajstić information content (AvgIpc) is 2.52. The SMILES string of the molecule is Cc1ccc2cc(C(=O)N(CCO)CCCC(=O)O)ccc2c1. The molecule has 0 fully saturated rings. The molecule has 0 radical (unpaired) electrons. The highest BCUT2D eigenvalue weighted by atomic mass is 16.4. The summed E-state index contributed by atoms with van der Waals surface area (Å²) in [5, 5.41) is 19.9. The molecule has 1 amide bonds. The van der Waals surface area contributed by atoms with Crippen molar-refractivity contribution in [2.75, 3.05) is 19.7 Å². The van der Waals surface area contributed by atoms with E-state index in [2.05, 4.69) is 6.07 Å². The van der Waals surface area contributed by atoms with E-state index in [0.717, 1.165) is 16.3 Å². The fraction of sp³-hybridized carbons (Fsp3) is 0.333. The van der Waals surface area contributed by atoms with E-state index in [1.54, 1.807) is 6.07 Å². The van der Waals surface area contributed by atoms with Gasteiger partial charge in [-0.15, -0.1) is 0 Å². The maximum atomic E-state index is 12.6. The lowest BCUT2D eigenvalue weighted by Crippen LogP contribution is -2.34. The lowest BCUT2D eigenvalue weighted by Gasteiger charge is -2.21. The second-order valence-corrected chi connectivity index (χ2v) is 5.58. The first kappa shape index (κ1) is 17.0. The standard InChI is InChI=1S/C18H21NO4/c1-13-4-5-15-12-16(7-6-14(15)11-13)18(23)19(9-10-20)8-2-3-17(21)22/h4-7,11-12,20H,2-3,8-10H2,1H3,(H,21,22). The van der Waals surface area contributed by atoms with Gasteiger partial charge >= 0.3 is 5.97 Å². The third-order valence-corrected chi connectivity index (χ3v) is 3.72. The number of carbonyl (C=O) groups excluding carboxylic acids is 1. The zero-order valence-electron chi connectivity index (χ0n) is 13.2. The maximum absolute atomic E-state index is 12.6. The van der Waals surface area contributed by atoms with Crippen LogP contribution in [0.5, 0.6) is 0 Å². The summed E-state index contributed by atoms with van der Waals surface area (Å²) in [5.74, 6) is -1.07. The summed E-state index contributed by atoms with van der Waals surface area (Å²) in [5.41, 5.74) is 1.71. The van der Waals surface area contributed by atoms with Crippen LogP contribution in [0.4, 0.5) is 0 Å². The van der Waals surface area contributed by atoms with Crippen LogP contribution in [0.15, 0.2) is 36.4 Å². The number of aliphatic carboxylic acids is 1. The monoisotopic (exact) mass is 315 g/mol. The molecule has 2 N–H and O–H groups in total. The maximum Gasteiger partial charge on any atom is 0.303 e. The van der Waals surface area contributed by atoms with Crippen molar-refractivity contribution in [2.24, 2.45) is 0 Å². The minimum absolute atomic E-state index is 0.00616. The molecule has 0 aliphatic heterocycles. The molecule has 5 nitrogen and oxygen atoms in total. The normalized spacial score (nSPS) is 10.7. The lowest BCUT2D eigenvalue weighted by atomic mass is 10.0. The third-order valence-electron chi connectivity index (χ3n) is 3.72. The van der Waals surface area contributed by atoms with Crippen LogP contribution in [0.1, 0.15) is 28.8 Å². The Morgan fingerprint density at radius 2 is 1.74 bits per heavy atom. The van der Waals surface area contributed by atoms with Crippen LogP contribution in [0.2, 0.25) is 0 Å². The highest BCUT2D eigenvalue weighted by Gasteiger charge is 2.16. The van der Waals surface area contributed by atoms with Gasteiger partial charge in [-0.25, -0.2) is 0 Å². The first-order valence-corrected chi connectivity index (χ1v) is 7.63. The topological polar surface area (TPSA) is 77.8 Å². The van der Waals surface area contributed by atoms with E-state index >= 15 is 0 Å². The predicted octanol–water partition coefficient (Wildman–Crippen LogP) is 2.45. The summed E-state index contributed by atoms with van der Waals surface area (Å²) in [6, 6.07) is 11.5. The van der Waals surface area contributed by atoms with Gasteiger partial charge in [-0.3, -0.25) is 9.59 Å². The molecule has 0 aliphatic rings. The third kappa shape index (κ3) is 4.53. The molecule has 0 heterocycles. The Bertz CT molecular complexity index is 711. The van der Waals surface area contributed by atoms with Crippen molar-refractivity contribution < 1.29 is 19.8 Å². The Hall–Kier alpha value is -2.40. The van der Waals surface area contributed by atoms with Gasteiger partial charge in [-0.05, 0) is 36.2 Å². The Balaban J connectivity index is 2.17. The van der Waals surface area contributed by atoms with Gasteiger partial charge in [-0.2, -0.15) is 0 Å². The van der Waals surface area contributed by atoms with E-state index in [-0.39, 0.29) is 25.5 Å². The van der Waals surface area contributed by atoms with Crippen LogP contribution in [0, 0.1) is 6.92 Å². The van der Waals surface area contributed by atoms with Crippen LogP contribution in [-0.4, -0.2) is 46.7 Å². The van der Waals surface area contributed by atoms with E-state index < -0.39 is 5.97 Å². The minimum atomic E-state index is -0.887.